The number of aromatic nitrogens is 2. The topological polar surface area (TPSA) is 72.0 Å². The van der Waals surface area contributed by atoms with Crippen LogP contribution in [0.1, 0.15) is 27.0 Å². The van der Waals surface area contributed by atoms with Gasteiger partial charge in [0.1, 0.15) is 0 Å². The summed E-state index contributed by atoms with van der Waals surface area (Å²) in [5.74, 6) is 0.0399. The Morgan fingerprint density at radius 3 is 2.76 bits per heavy atom. The van der Waals surface area contributed by atoms with Crippen LogP contribution in [0, 0.1) is 0 Å². The molecule has 1 amide bonds. The summed E-state index contributed by atoms with van der Waals surface area (Å²) in [6, 6.07) is 1.57. The molecule has 17 heavy (non-hydrogen) atoms. The number of amides is 1. The van der Waals surface area contributed by atoms with Gasteiger partial charge in [-0.3, -0.25) is 14.6 Å². The van der Waals surface area contributed by atoms with Gasteiger partial charge in [-0.1, -0.05) is 0 Å². The Hall–Kier alpha value is -2.08. The van der Waals surface area contributed by atoms with E-state index in [1.54, 1.807) is 11.4 Å². The lowest BCUT2D eigenvalue weighted by Crippen LogP contribution is -2.11. The molecule has 0 aromatic carbocycles. The molecule has 2 heterocycles. The van der Waals surface area contributed by atoms with Gasteiger partial charge < -0.3 is 5.32 Å². The molecular formula is C11H9N3O2S. The summed E-state index contributed by atoms with van der Waals surface area (Å²) in [6.45, 7) is 1.46. The maximum atomic E-state index is 11.8. The minimum Gasteiger partial charge on any atom is -0.305 e. The molecule has 0 aliphatic carbocycles. The van der Waals surface area contributed by atoms with E-state index in [9.17, 15) is 9.59 Å². The Labute approximate surface area is 102 Å². The Kier molecular flexibility index (Phi) is 3.24. The number of carbonyl (C=O) groups is 2. The highest BCUT2D eigenvalue weighted by molar-refractivity contribution is 7.12. The van der Waals surface area contributed by atoms with Gasteiger partial charge in [0.25, 0.3) is 5.91 Å². The van der Waals surface area contributed by atoms with E-state index in [1.807, 2.05) is 0 Å². The Bertz CT molecular complexity index is 551. The van der Waals surface area contributed by atoms with Gasteiger partial charge in [0.05, 0.1) is 11.1 Å². The van der Waals surface area contributed by atoms with Crippen molar-refractivity contribution in [1.82, 2.24) is 9.97 Å². The van der Waals surface area contributed by atoms with Gasteiger partial charge in [-0.25, -0.2) is 4.98 Å². The van der Waals surface area contributed by atoms with Crippen molar-refractivity contribution in [1.29, 1.82) is 0 Å². The van der Waals surface area contributed by atoms with Gasteiger partial charge >= 0.3 is 0 Å². The molecule has 0 aliphatic rings. The lowest BCUT2D eigenvalue weighted by atomic mass is 10.2. The fourth-order valence-corrected chi connectivity index (χ4v) is 2.02. The second-order valence-electron chi connectivity index (χ2n) is 3.30. The first-order valence-electron chi connectivity index (χ1n) is 4.83. The predicted molar refractivity (Wildman–Crippen MR) is 64.3 cm³/mol. The highest BCUT2D eigenvalue weighted by Gasteiger charge is 2.11. The SMILES string of the molecule is CC(=O)c1csc(C(=O)Nc2cnccn2)c1. The molecule has 0 fully saturated rings. The number of nitrogens with one attached hydrogen (secondary N) is 1. The molecular weight excluding hydrogens is 238 g/mol. The van der Waals surface area contributed by atoms with Crippen molar-refractivity contribution in [2.45, 2.75) is 6.92 Å². The first-order chi connectivity index (χ1) is 8.16. The second kappa shape index (κ2) is 4.84. The van der Waals surface area contributed by atoms with Crippen LogP contribution < -0.4 is 5.32 Å². The number of rotatable bonds is 3. The number of anilines is 1. The minimum absolute atomic E-state index is 0.0557. The summed E-state index contributed by atoms with van der Waals surface area (Å²) in [4.78, 5) is 31.1. The van der Waals surface area contributed by atoms with Gasteiger partial charge in [-0.05, 0) is 13.0 Å². The largest absolute Gasteiger partial charge is 0.305 e. The number of carbonyl (C=O) groups excluding carboxylic acids is 2. The molecule has 5 nitrogen and oxygen atoms in total. The number of hydrogen-bond donors (Lipinski definition) is 1. The van der Waals surface area contributed by atoms with Crippen LogP contribution in [0.4, 0.5) is 5.82 Å². The van der Waals surface area contributed by atoms with Crippen molar-refractivity contribution in [3.63, 3.8) is 0 Å². The molecule has 2 aromatic rings. The van der Waals surface area contributed by atoms with Crippen LogP contribution in [0.2, 0.25) is 0 Å². The molecule has 0 bridgehead atoms. The molecule has 0 radical (unpaired) electrons. The Morgan fingerprint density at radius 2 is 2.18 bits per heavy atom. The third-order valence-electron chi connectivity index (χ3n) is 2.03. The predicted octanol–water partition coefficient (Wildman–Crippen LogP) is 1.99. The van der Waals surface area contributed by atoms with Gasteiger partial charge in [0.2, 0.25) is 0 Å². The lowest BCUT2D eigenvalue weighted by Gasteiger charge is -2.00. The van der Waals surface area contributed by atoms with Crippen LogP contribution in [0.15, 0.2) is 30.0 Å². The molecule has 1 N–H and O–H groups in total. The van der Waals surface area contributed by atoms with E-state index < -0.39 is 0 Å². The maximum absolute atomic E-state index is 11.8. The summed E-state index contributed by atoms with van der Waals surface area (Å²) < 4.78 is 0. The van der Waals surface area contributed by atoms with Gasteiger partial charge in [-0.15, -0.1) is 11.3 Å². The van der Waals surface area contributed by atoms with Crippen molar-refractivity contribution in [2.24, 2.45) is 0 Å². The maximum Gasteiger partial charge on any atom is 0.266 e. The lowest BCUT2D eigenvalue weighted by molar-refractivity contribution is 0.101. The summed E-state index contributed by atoms with van der Waals surface area (Å²) in [7, 11) is 0. The average molecular weight is 247 g/mol. The fraction of sp³-hybridized carbons (Fsp3) is 0.0909. The zero-order chi connectivity index (χ0) is 12.3. The molecule has 0 spiro atoms. The normalized spacial score (nSPS) is 9.94. The van der Waals surface area contributed by atoms with E-state index >= 15 is 0 Å². The van der Waals surface area contributed by atoms with E-state index in [-0.39, 0.29) is 11.7 Å². The minimum atomic E-state index is -0.289. The first kappa shape index (κ1) is 11.4. The molecule has 0 unspecified atom stereocenters. The average Bonchev–Trinajstić information content (AvgIpc) is 2.79. The van der Waals surface area contributed by atoms with Gasteiger partial charge in [0, 0.05) is 23.3 Å². The summed E-state index contributed by atoms with van der Waals surface area (Å²) >= 11 is 1.22. The summed E-state index contributed by atoms with van der Waals surface area (Å²) in [6.07, 6.45) is 4.47. The zero-order valence-electron chi connectivity index (χ0n) is 9.01. The summed E-state index contributed by atoms with van der Waals surface area (Å²) in [5, 5.41) is 4.26. The molecule has 2 rings (SSSR count). The highest BCUT2D eigenvalue weighted by Crippen LogP contribution is 2.16. The van der Waals surface area contributed by atoms with Crippen LogP contribution in [0.25, 0.3) is 0 Å². The molecule has 0 atom stereocenters. The fourth-order valence-electron chi connectivity index (χ4n) is 1.18. The van der Waals surface area contributed by atoms with Crippen LogP contribution in [0.5, 0.6) is 0 Å². The van der Waals surface area contributed by atoms with E-state index in [2.05, 4.69) is 15.3 Å². The number of thiophene rings is 1. The van der Waals surface area contributed by atoms with Crippen LogP contribution in [-0.4, -0.2) is 21.7 Å². The van der Waals surface area contributed by atoms with Crippen LogP contribution in [-0.2, 0) is 0 Å². The molecule has 86 valence electrons. The molecule has 2 aromatic heterocycles. The number of ketones is 1. The monoisotopic (exact) mass is 247 g/mol. The van der Waals surface area contributed by atoms with Crippen LogP contribution in [0.3, 0.4) is 0 Å². The number of hydrogen-bond acceptors (Lipinski definition) is 5. The van der Waals surface area contributed by atoms with Crippen molar-refractivity contribution in [3.05, 3.63) is 40.5 Å². The standard InChI is InChI=1S/C11H9N3O2S/c1-7(15)8-4-9(17-6-8)11(16)14-10-5-12-2-3-13-10/h2-6H,1H3,(H,13,14,16). The Balaban J connectivity index is 2.12. The van der Waals surface area contributed by atoms with E-state index in [0.29, 0.717) is 16.3 Å². The smallest absolute Gasteiger partial charge is 0.266 e. The molecule has 0 aliphatic heterocycles. The van der Waals surface area contributed by atoms with Crippen molar-refractivity contribution in [2.75, 3.05) is 5.32 Å². The number of Topliss-reactive ketones (excluding diaryl/α,β-unsaturated/α-hetero) is 1. The third-order valence-corrected chi connectivity index (χ3v) is 2.96. The Morgan fingerprint density at radius 1 is 1.35 bits per heavy atom. The molecule has 6 heteroatoms. The second-order valence-corrected chi connectivity index (χ2v) is 4.21. The van der Waals surface area contributed by atoms with Gasteiger partial charge in [0.15, 0.2) is 11.6 Å². The van der Waals surface area contributed by atoms with E-state index in [1.165, 1.54) is 36.9 Å². The number of nitrogens with zero attached hydrogens (tertiary/aromatic N) is 2. The van der Waals surface area contributed by atoms with Crippen molar-refractivity contribution in [3.8, 4) is 0 Å². The third kappa shape index (κ3) is 2.73. The van der Waals surface area contributed by atoms with Crippen LogP contribution >= 0.6 is 11.3 Å². The molecule has 0 saturated heterocycles. The van der Waals surface area contributed by atoms with E-state index in [4.69, 9.17) is 0 Å². The quantitative estimate of drug-likeness (QED) is 0.842. The van der Waals surface area contributed by atoms with Gasteiger partial charge in [-0.2, -0.15) is 0 Å². The molecule has 0 saturated carbocycles. The summed E-state index contributed by atoms with van der Waals surface area (Å²) in [5.41, 5.74) is 0.541. The van der Waals surface area contributed by atoms with Crippen molar-refractivity contribution < 1.29 is 9.59 Å². The van der Waals surface area contributed by atoms with Crippen molar-refractivity contribution >= 4 is 28.8 Å². The first-order valence-corrected chi connectivity index (χ1v) is 5.71. The highest BCUT2D eigenvalue weighted by atomic mass is 32.1. The zero-order valence-corrected chi connectivity index (χ0v) is 9.82. The van der Waals surface area contributed by atoms with E-state index in [0.717, 1.165) is 0 Å².